The molecule has 0 N–H and O–H groups in total. The van der Waals surface area contributed by atoms with E-state index in [0.717, 1.165) is 36.7 Å². The number of halogens is 3. The zero-order chi connectivity index (χ0) is 16.4. The lowest BCUT2D eigenvalue weighted by Crippen LogP contribution is -2.48. The van der Waals surface area contributed by atoms with Crippen LogP contribution < -0.4 is 4.90 Å². The van der Waals surface area contributed by atoms with Gasteiger partial charge in [-0.2, -0.15) is 0 Å². The first kappa shape index (κ1) is 16.5. The Kier molecular flexibility index (Phi) is 5.05. The Balaban J connectivity index is 1.68. The molecule has 2 nitrogen and oxygen atoms in total. The Labute approximate surface area is 150 Å². The fourth-order valence-electron chi connectivity index (χ4n) is 2.67. The molecule has 120 valence electrons. The summed E-state index contributed by atoms with van der Waals surface area (Å²) in [4.78, 5) is 4.91. The molecular formula is C17H15Cl2FN2S. The lowest BCUT2D eigenvalue weighted by molar-refractivity contribution is 0.390. The molecule has 0 spiro atoms. The van der Waals surface area contributed by atoms with Gasteiger partial charge in [-0.3, -0.25) is 0 Å². The van der Waals surface area contributed by atoms with E-state index in [2.05, 4.69) is 4.90 Å². The van der Waals surface area contributed by atoms with Crippen LogP contribution in [0.4, 0.5) is 10.1 Å². The topological polar surface area (TPSA) is 6.48 Å². The summed E-state index contributed by atoms with van der Waals surface area (Å²) in [5, 5.41) is 1.01. The van der Waals surface area contributed by atoms with E-state index in [1.807, 2.05) is 23.1 Å². The van der Waals surface area contributed by atoms with Crippen LogP contribution in [0, 0.1) is 5.82 Å². The lowest BCUT2D eigenvalue weighted by atomic mass is 10.2. The van der Waals surface area contributed by atoms with Gasteiger partial charge in [0.15, 0.2) is 0 Å². The minimum absolute atomic E-state index is 0.187. The molecular weight excluding hydrogens is 354 g/mol. The van der Waals surface area contributed by atoms with Crippen LogP contribution in [0.15, 0.2) is 42.5 Å². The number of nitrogens with zero attached hydrogens (tertiary/aromatic N) is 2. The van der Waals surface area contributed by atoms with Gasteiger partial charge in [0.2, 0.25) is 0 Å². The van der Waals surface area contributed by atoms with Gasteiger partial charge >= 0.3 is 0 Å². The normalized spacial score (nSPS) is 14.9. The van der Waals surface area contributed by atoms with Crippen molar-refractivity contribution in [2.45, 2.75) is 0 Å². The molecule has 1 saturated heterocycles. The summed E-state index contributed by atoms with van der Waals surface area (Å²) in [6, 6.07) is 12.3. The van der Waals surface area contributed by atoms with Crippen molar-refractivity contribution in [1.82, 2.24) is 4.90 Å². The summed E-state index contributed by atoms with van der Waals surface area (Å²) in [5.41, 5.74) is 1.53. The summed E-state index contributed by atoms with van der Waals surface area (Å²) in [5.74, 6) is -0.187. The number of anilines is 1. The van der Waals surface area contributed by atoms with Crippen molar-refractivity contribution in [2.75, 3.05) is 31.1 Å². The molecule has 1 fully saturated rings. The Morgan fingerprint density at radius 1 is 0.957 bits per heavy atom. The zero-order valence-corrected chi connectivity index (χ0v) is 14.6. The average Bonchev–Trinajstić information content (AvgIpc) is 2.57. The predicted molar refractivity (Wildman–Crippen MR) is 98.3 cm³/mol. The van der Waals surface area contributed by atoms with Gasteiger partial charge in [-0.1, -0.05) is 53.6 Å². The van der Waals surface area contributed by atoms with Crippen LogP contribution in [0.3, 0.4) is 0 Å². The molecule has 0 atom stereocenters. The minimum Gasteiger partial charge on any atom is -0.366 e. The molecule has 0 bridgehead atoms. The second kappa shape index (κ2) is 7.04. The highest BCUT2D eigenvalue weighted by molar-refractivity contribution is 7.80. The van der Waals surface area contributed by atoms with Crippen molar-refractivity contribution in [3.63, 3.8) is 0 Å². The number of hydrogen-bond acceptors (Lipinski definition) is 2. The molecule has 0 amide bonds. The van der Waals surface area contributed by atoms with Crippen molar-refractivity contribution in [3.8, 4) is 0 Å². The molecule has 0 unspecified atom stereocenters. The van der Waals surface area contributed by atoms with Gasteiger partial charge in [0.05, 0.1) is 15.7 Å². The Hall–Kier alpha value is -1.36. The summed E-state index contributed by atoms with van der Waals surface area (Å²) >= 11 is 17.6. The van der Waals surface area contributed by atoms with Crippen LogP contribution in [0.25, 0.3) is 0 Å². The molecule has 2 aromatic carbocycles. The summed E-state index contributed by atoms with van der Waals surface area (Å²) in [6.07, 6.45) is 0. The maximum absolute atomic E-state index is 13.9. The van der Waals surface area contributed by atoms with E-state index in [1.54, 1.807) is 18.2 Å². The van der Waals surface area contributed by atoms with Crippen LogP contribution in [0.5, 0.6) is 0 Å². The summed E-state index contributed by atoms with van der Waals surface area (Å²) in [7, 11) is 0. The first-order valence-electron chi connectivity index (χ1n) is 7.30. The van der Waals surface area contributed by atoms with Gasteiger partial charge in [0.25, 0.3) is 0 Å². The van der Waals surface area contributed by atoms with E-state index in [4.69, 9.17) is 35.4 Å². The molecule has 0 aromatic heterocycles. The molecule has 0 aliphatic carbocycles. The van der Waals surface area contributed by atoms with Crippen molar-refractivity contribution in [2.24, 2.45) is 0 Å². The molecule has 3 rings (SSSR count). The first-order valence-corrected chi connectivity index (χ1v) is 8.46. The Bertz CT molecular complexity index is 730. The van der Waals surface area contributed by atoms with E-state index in [0.29, 0.717) is 15.7 Å². The number of thiocarbonyl (C=S) groups is 1. The number of rotatable bonds is 2. The minimum atomic E-state index is -0.187. The Morgan fingerprint density at radius 2 is 1.65 bits per heavy atom. The van der Waals surface area contributed by atoms with E-state index < -0.39 is 0 Å². The monoisotopic (exact) mass is 368 g/mol. The number of benzene rings is 2. The molecule has 23 heavy (non-hydrogen) atoms. The van der Waals surface area contributed by atoms with Crippen LogP contribution in [-0.2, 0) is 0 Å². The second-order valence-electron chi connectivity index (χ2n) is 5.36. The maximum Gasteiger partial charge on any atom is 0.146 e. The SMILES string of the molecule is Fc1ccccc1N1CCN(C(=S)c2ccc(Cl)c(Cl)c2)CC1. The highest BCUT2D eigenvalue weighted by Crippen LogP contribution is 2.25. The third-order valence-electron chi connectivity index (χ3n) is 3.93. The first-order chi connectivity index (χ1) is 11.1. The van der Waals surface area contributed by atoms with Crippen molar-refractivity contribution in [3.05, 3.63) is 63.9 Å². The lowest BCUT2D eigenvalue weighted by Gasteiger charge is -2.37. The number of piperazine rings is 1. The molecule has 1 heterocycles. The third kappa shape index (κ3) is 3.60. The highest BCUT2D eigenvalue weighted by atomic mass is 35.5. The molecule has 0 radical (unpaired) electrons. The maximum atomic E-state index is 13.9. The van der Waals surface area contributed by atoms with Crippen molar-refractivity contribution >= 4 is 46.1 Å². The number of hydrogen-bond donors (Lipinski definition) is 0. The van der Waals surface area contributed by atoms with Crippen LogP contribution in [0.2, 0.25) is 10.0 Å². The quantitative estimate of drug-likeness (QED) is 0.713. The predicted octanol–water partition coefficient (Wildman–Crippen LogP) is 4.63. The second-order valence-corrected chi connectivity index (χ2v) is 6.56. The smallest absolute Gasteiger partial charge is 0.146 e. The number of para-hydroxylation sites is 1. The van der Waals surface area contributed by atoms with Crippen LogP contribution in [0.1, 0.15) is 5.56 Å². The highest BCUT2D eigenvalue weighted by Gasteiger charge is 2.21. The average molecular weight is 369 g/mol. The zero-order valence-electron chi connectivity index (χ0n) is 12.3. The fraction of sp³-hybridized carbons (Fsp3) is 0.235. The van der Waals surface area contributed by atoms with E-state index in [9.17, 15) is 4.39 Å². The van der Waals surface area contributed by atoms with Gasteiger partial charge in [0, 0.05) is 31.7 Å². The van der Waals surface area contributed by atoms with Crippen molar-refractivity contribution in [1.29, 1.82) is 0 Å². The van der Waals surface area contributed by atoms with Gasteiger partial charge in [-0.25, -0.2) is 4.39 Å². The fourth-order valence-corrected chi connectivity index (χ4v) is 3.28. The standard InChI is InChI=1S/C17H15Cl2FN2S/c18-13-6-5-12(11-14(13)19)17(23)22-9-7-21(8-10-22)16-4-2-1-3-15(16)20/h1-6,11H,7-10H2. The Morgan fingerprint density at radius 3 is 2.30 bits per heavy atom. The van der Waals surface area contributed by atoms with E-state index >= 15 is 0 Å². The van der Waals surface area contributed by atoms with E-state index in [1.165, 1.54) is 6.07 Å². The van der Waals surface area contributed by atoms with Gasteiger partial charge in [-0.15, -0.1) is 0 Å². The van der Waals surface area contributed by atoms with Crippen LogP contribution in [-0.4, -0.2) is 36.1 Å². The van der Waals surface area contributed by atoms with Crippen LogP contribution >= 0.6 is 35.4 Å². The molecule has 1 aliphatic heterocycles. The van der Waals surface area contributed by atoms with Gasteiger partial charge < -0.3 is 9.80 Å². The van der Waals surface area contributed by atoms with Crippen molar-refractivity contribution < 1.29 is 4.39 Å². The molecule has 1 aliphatic rings. The van der Waals surface area contributed by atoms with Gasteiger partial charge in [-0.05, 0) is 24.3 Å². The largest absolute Gasteiger partial charge is 0.366 e. The molecule has 0 saturated carbocycles. The summed E-state index contributed by atoms with van der Waals surface area (Å²) < 4.78 is 13.9. The third-order valence-corrected chi connectivity index (χ3v) is 5.16. The molecule has 6 heteroatoms. The molecule has 2 aromatic rings. The summed E-state index contributed by atoms with van der Waals surface area (Å²) in [6.45, 7) is 2.94. The van der Waals surface area contributed by atoms with Gasteiger partial charge in [0.1, 0.15) is 10.8 Å². The van der Waals surface area contributed by atoms with E-state index in [-0.39, 0.29) is 5.82 Å².